The fraction of sp³-hybridized carbons (Fsp3) is 0.176. The fourth-order valence-electron chi connectivity index (χ4n) is 2.50. The van der Waals surface area contributed by atoms with E-state index in [1.54, 1.807) is 18.2 Å². The monoisotopic (exact) mass is 324 g/mol. The molecule has 122 valence electrons. The van der Waals surface area contributed by atoms with Crippen LogP contribution in [0.25, 0.3) is 5.65 Å². The molecule has 0 aliphatic heterocycles. The molecule has 0 radical (unpaired) electrons. The number of nitro groups is 1. The highest BCUT2D eigenvalue weighted by atomic mass is 16.6. The lowest BCUT2D eigenvalue weighted by atomic mass is 10.1. The summed E-state index contributed by atoms with van der Waals surface area (Å²) in [5.41, 5.74) is 3.01. The van der Waals surface area contributed by atoms with Gasteiger partial charge in [0, 0.05) is 24.0 Å². The molecule has 0 aliphatic carbocycles. The van der Waals surface area contributed by atoms with Gasteiger partial charge in [0.25, 0.3) is 5.69 Å². The van der Waals surface area contributed by atoms with E-state index in [0.29, 0.717) is 5.56 Å². The van der Waals surface area contributed by atoms with Crippen molar-refractivity contribution in [3.05, 3.63) is 75.7 Å². The topological polar surface area (TPSA) is 89.5 Å². The molecular weight excluding hydrogens is 308 g/mol. The summed E-state index contributed by atoms with van der Waals surface area (Å²) in [5, 5.41) is 13.7. The number of amides is 1. The van der Waals surface area contributed by atoms with E-state index < -0.39 is 4.92 Å². The van der Waals surface area contributed by atoms with E-state index in [4.69, 9.17) is 0 Å². The molecule has 0 aliphatic rings. The van der Waals surface area contributed by atoms with Crippen LogP contribution in [0.2, 0.25) is 0 Å². The molecule has 7 nitrogen and oxygen atoms in total. The molecular formula is C17H16N4O3. The van der Waals surface area contributed by atoms with Crippen LogP contribution < -0.4 is 5.32 Å². The highest BCUT2D eigenvalue weighted by Crippen LogP contribution is 2.18. The van der Waals surface area contributed by atoms with Crippen LogP contribution in [0.5, 0.6) is 0 Å². The molecule has 0 atom stereocenters. The van der Waals surface area contributed by atoms with Crippen LogP contribution in [0.3, 0.4) is 0 Å². The lowest BCUT2D eigenvalue weighted by Crippen LogP contribution is -2.25. The second kappa shape index (κ2) is 6.49. The summed E-state index contributed by atoms with van der Waals surface area (Å²) < 4.78 is 1.90. The second-order valence-electron chi connectivity index (χ2n) is 5.54. The average molecular weight is 324 g/mol. The summed E-state index contributed by atoms with van der Waals surface area (Å²) in [7, 11) is 0. The van der Waals surface area contributed by atoms with Gasteiger partial charge in [0.15, 0.2) is 0 Å². The molecule has 2 aromatic heterocycles. The number of fused-ring (bicyclic) bond motifs is 1. The normalized spacial score (nSPS) is 10.7. The quantitative estimate of drug-likeness (QED) is 0.576. The summed E-state index contributed by atoms with van der Waals surface area (Å²) >= 11 is 0. The lowest BCUT2D eigenvalue weighted by Gasteiger charge is -2.04. The third kappa shape index (κ3) is 3.40. The predicted molar refractivity (Wildman–Crippen MR) is 88.6 cm³/mol. The van der Waals surface area contributed by atoms with Crippen molar-refractivity contribution in [2.75, 3.05) is 0 Å². The number of carbonyl (C=O) groups excluding carboxylic acids is 1. The summed E-state index contributed by atoms with van der Waals surface area (Å²) in [6, 6.07) is 10.1. The number of rotatable bonds is 5. The van der Waals surface area contributed by atoms with E-state index in [1.807, 2.05) is 35.9 Å². The first kappa shape index (κ1) is 15.7. The first-order valence-corrected chi connectivity index (χ1v) is 7.46. The zero-order valence-corrected chi connectivity index (χ0v) is 13.1. The largest absolute Gasteiger partial charge is 0.350 e. The van der Waals surface area contributed by atoms with Gasteiger partial charge in [0.2, 0.25) is 5.91 Å². The Morgan fingerprint density at radius 2 is 2.04 bits per heavy atom. The van der Waals surface area contributed by atoms with Gasteiger partial charge in [-0.2, -0.15) is 0 Å². The van der Waals surface area contributed by atoms with Crippen molar-refractivity contribution in [2.45, 2.75) is 19.9 Å². The number of carbonyl (C=O) groups is 1. The number of nitrogens with one attached hydrogen (secondary N) is 1. The van der Waals surface area contributed by atoms with Crippen LogP contribution in [-0.4, -0.2) is 20.2 Å². The number of imidazole rings is 1. The number of aromatic nitrogens is 2. The average Bonchev–Trinajstić information content (AvgIpc) is 2.95. The van der Waals surface area contributed by atoms with Gasteiger partial charge < -0.3 is 9.72 Å². The minimum absolute atomic E-state index is 0.0381. The molecule has 0 saturated carbocycles. The number of hydrogen-bond donors (Lipinski definition) is 1. The van der Waals surface area contributed by atoms with Gasteiger partial charge in [-0.05, 0) is 18.6 Å². The van der Waals surface area contributed by atoms with Gasteiger partial charge in [0.1, 0.15) is 5.65 Å². The van der Waals surface area contributed by atoms with Crippen molar-refractivity contribution in [3.63, 3.8) is 0 Å². The Balaban J connectivity index is 1.66. The minimum atomic E-state index is -0.479. The van der Waals surface area contributed by atoms with Gasteiger partial charge in [0.05, 0.1) is 23.6 Å². The zero-order valence-electron chi connectivity index (χ0n) is 13.1. The zero-order chi connectivity index (χ0) is 17.1. The van der Waals surface area contributed by atoms with Gasteiger partial charge in [-0.15, -0.1) is 0 Å². The summed E-state index contributed by atoms with van der Waals surface area (Å²) in [6.07, 6.45) is 3.78. The van der Waals surface area contributed by atoms with Crippen LogP contribution in [0, 0.1) is 17.0 Å². The molecule has 0 unspecified atom stereocenters. The van der Waals surface area contributed by atoms with Gasteiger partial charge in [-0.1, -0.05) is 24.3 Å². The van der Waals surface area contributed by atoms with Crippen molar-refractivity contribution >= 4 is 17.2 Å². The van der Waals surface area contributed by atoms with Crippen LogP contribution in [0.4, 0.5) is 5.69 Å². The number of nitrogens with zero attached hydrogens (tertiary/aromatic N) is 3. The molecule has 0 spiro atoms. The third-order valence-electron chi connectivity index (χ3n) is 3.65. The first-order valence-electron chi connectivity index (χ1n) is 7.46. The molecule has 1 aromatic carbocycles. The van der Waals surface area contributed by atoms with Crippen molar-refractivity contribution in [3.8, 4) is 0 Å². The highest BCUT2D eigenvalue weighted by molar-refractivity contribution is 5.79. The summed E-state index contributed by atoms with van der Waals surface area (Å²) in [6.45, 7) is 2.27. The van der Waals surface area contributed by atoms with Gasteiger partial charge >= 0.3 is 0 Å². The Morgan fingerprint density at radius 1 is 1.25 bits per heavy atom. The van der Waals surface area contributed by atoms with E-state index in [0.717, 1.165) is 16.9 Å². The maximum absolute atomic E-state index is 12.1. The highest BCUT2D eigenvalue weighted by Gasteiger charge is 2.15. The van der Waals surface area contributed by atoms with Gasteiger partial charge in [-0.25, -0.2) is 4.98 Å². The Kier molecular flexibility index (Phi) is 4.24. The van der Waals surface area contributed by atoms with E-state index in [9.17, 15) is 14.9 Å². The van der Waals surface area contributed by atoms with Crippen molar-refractivity contribution < 1.29 is 9.72 Å². The summed E-state index contributed by atoms with van der Waals surface area (Å²) in [4.78, 5) is 27.0. The van der Waals surface area contributed by atoms with Crippen molar-refractivity contribution in [2.24, 2.45) is 0 Å². The molecule has 0 saturated heterocycles. The van der Waals surface area contributed by atoms with Crippen molar-refractivity contribution in [1.82, 2.24) is 14.7 Å². The van der Waals surface area contributed by atoms with Crippen LogP contribution in [-0.2, 0) is 17.8 Å². The maximum Gasteiger partial charge on any atom is 0.273 e. The van der Waals surface area contributed by atoms with Crippen LogP contribution in [0.1, 0.15) is 16.8 Å². The summed E-state index contributed by atoms with van der Waals surface area (Å²) in [5.74, 6) is -0.280. The third-order valence-corrected chi connectivity index (χ3v) is 3.65. The van der Waals surface area contributed by atoms with Crippen molar-refractivity contribution in [1.29, 1.82) is 0 Å². The lowest BCUT2D eigenvalue weighted by molar-refractivity contribution is -0.385. The first-order chi connectivity index (χ1) is 11.5. The number of pyridine rings is 1. The molecule has 0 fully saturated rings. The fourth-order valence-corrected chi connectivity index (χ4v) is 2.50. The van der Waals surface area contributed by atoms with E-state index in [-0.39, 0.29) is 24.6 Å². The molecule has 1 amide bonds. The van der Waals surface area contributed by atoms with E-state index >= 15 is 0 Å². The van der Waals surface area contributed by atoms with E-state index in [1.165, 1.54) is 6.07 Å². The molecule has 3 rings (SSSR count). The Labute approximate surface area is 138 Å². The van der Waals surface area contributed by atoms with Crippen LogP contribution in [0.15, 0.2) is 48.8 Å². The number of para-hydroxylation sites is 1. The standard InChI is InChI=1S/C17H16N4O3/c1-12-6-7-16-19-14(11-20(16)10-12)9-18-17(22)8-13-4-2-3-5-15(13)21(23)24/h2-7,10-11H,8-9H2,1H3,(H,18,22). The van der Waals surface area contributed by atoms with Crippen LogP contribution >= 0.6 is 0 Å². The molecule has 0 bridgehead atoms. The SMILES string of the molecule is Cc1ccc2nc(CNC(=O)Cc3ccccc3[N+](=O)[O-])cn2c1. The molecule has 3 aromatic rings. The second-order valence-corrected chi connectivity index (χ2v) is 5.54. The Morgan fingerprint density at radius 3 is 2.83 bits per heavy atom. The molecule has 1 N–H and O–H groups in total. The Hall–Kier alpha value is -3.22. The number of hydrogen-bond acceptors (Lipinski definition) is 4. The van der Waals surface area contributed by atoms with E-state index in [2.05, 4.69) is 10.3 Å². The Bertz CT molecular complexity index is 917. The van der Waals surface area contributed by atoms with Gasteiger partial charge in [-0.3, -0.25) is 14.9 Å². The molecule has 7 heteroatoms. The minimum Gasteiger partial charge on any atom is -0.350 e. The predicted octanol–water partition coefficient (Wildman–Crippen LogP) is 2.41. The molecule has 2 heterocycles. The number of aryl methyl sites for hydroxylation is 1. The smallest absolute Gasteiger partial charge is 0.273 e. The molecule has 24 heavy (non-hydrogen) atoms. The number of benzene rings is 1. The number of nitro benzene ring substituents is 1. The maximum atomic E-state index is 12.1.